The fourth-order valence-electron chi connectivity index (χ4n) is 2.65. The Balaban J connectivity index is 1.71. The largest absolute Gasteiger partial charge is 0.491 e. The number of ether oxygens (including phenoxy) is 1. The van der Waals surface area contributed by atoms with Gasteiger partial charge in [-0.3, -0.25) is 0 Å². The zero-order chi connectivity index (χ0) is 16.0. The van der Waals surface area contributed by atoms with Gasteiger partial charge in [0.05, 0.1) is 11.4 Å². The average molecular weight is 320 g/mol. The monoisotopic (exact) mass is 320 g/mol. The molecule has 4 rings (SSSR count). The van der Waals surface area contributed by atoms with Crippen molar-refractivity contribution in [2.45, 2.75) is 12.2 Å². The average Bonchev–Trinajstić information content (AvgIpc) is 3.12. The van der Waals surface area contributed by atoms with Gasteiger partial charge in [-0.2, -0.15) is 13.2 Å². The molecule has 3 heterocycles. The highest BCUT2D eigenvalue weighted by atomic mass is 19.4. The van der Waals surface area contributed by atoms with E-state index in [9.17, 15) is 13.2 Å². The minimum atomic E-state index is -4.46. The van der Waals surface area contributed by atoms with Crippen LogP contribution in [0.5, 0.6) is 5.75 Å². The molecule has 0 unspecified atom stereocenters. The fourth-order valence-corrected chi connectivity index (χ4v) is 2.65. The predicted molar refractivity (Wildman–Crippen MR) is 77.2 cm³/mol. The molecule has 23 heavy (non-hydrogen) atoms. The number of nitrogens with zero attached hydrogens (tertiary/aromatic N) is 2. The van der Waals surface area contributed by atoms with Crippen molar-refractivity contribution in [1.82, 2.24) is 15.0 Å². The molecule has 0 aliphatic carbocycles. The van der Waals surface area contributed by atoms with Crippen molar-refractivity contribution in [3.63, 3.8) is 0 Å². The normalized spacial score (nSPS) is 17.1. The maximum absolute atomic E-state index is 12.8. The van der Waals surface area contributed by atoms with Crippen molar-refractivity contribution < 1.29 is 17.9 Å². The van der Waals surface area contributed by atoms with Crippen molar-refractivity contribution in [2.75, 3.05) is 11.9 Å². The van der Waals surface area contributed by atoms with Crippen LogP contribution in [0.15, 0.2) is 36.7 Å². The van der Waals surface area contributed by atoms with Gasteiger partial charge in [0.15, 0.2) is 0 Å². The minimum Gasteiger partial charge on any atom is -0.491 e. The molecule has 2 N–H and O–H groups in total. The molecular formula is C15H11F3N4O. The summed E-state index contributed by atoms with van der Waals surface area (Å²) in [4.78, 5) is 10.2. The van der Waals surface area contributed by atoms with Gasteiger partial charge >= 0.3 is 6.18 Å². The van der Waals surface area contributed by atoms with Crippen LogP contribution >= 0.6 is 0 Å². The van der Waals surface area contributed by atoms with Gasteiger partial charge in [0.2, 0.25) is 0 Å². The number of H-pyrrole nitrogens is 1. The third kappa shape index (κ3) is 2.36. The fraction of sp³-hybridized carbons (Fsp3) is 0.200. The van der Waals surface area contributed by atoms with Crippen LogP contribution in [0.4, 0.5) is 19.0 Å². The number of alkyl halides is 3. The van der Waals surface area contributed by atoms with Gasteiger partial charge in [-0.1, -0.05) is 18.2 Å². The standard InChI is InChI=1S/C15H11F3N4O/c16-15(17,18)12-5-9-13(19-7-20-14(9)22-12)21-10-6-23-11-4-2-1-3-8(10)11/h1-5,7,10H,6H2,(H2,19,20,21,22)/t10-/m0/s1. The first-order valence-electron chi connectivity index (χ1n) is 6.91. The van der Waals surface area contributed by atoms with Crippen molar-refractivity contribution in [3.05, 3.63) is 47.9 Å². The molecule has 0 bridgehead atoms. The van der Waals surface area contributed by atoms with Gasteiger partial charge < -0.3 is 15.0 Å². The lowest BCUT2D eigenvalue weighted by molar-refractivity contribution is -0.140. The molecule has 0 spiro atoms. The van der Waals surface area contributed by atoms with Gasteiger partial charge in [-0.05, 0) is 12.1 Å². The minimum absolute atomic E-state index is 0.141. The first-order chi connectivity index (χ1) is 11.0. The third-order valence-corrected chi connectivity index (χ3v) is 3.74. The van der Waals surface area contributed by atoms with Gasteiger partial charge in [0.25, 0.3) is 0 Å². The predicted octanol–water partition coefficient (Wildman–Crippen LogP) is 3.52. The Morgan fingerprint density at radius 2 is 2.04 bits per heavy atom. The van der Waals surface area contributed by atoms with Crippen LogP contribution in [0.3, 0.4) is 0 Å². The van der Waals surface area contributed by atoms with Crippen LogP contribution in [0.25, 0.3) is 11.0 Å². The molecule has 8 heteroatoms. The summed E-state index contributed by atoms with van der Waals surface area (Å²) in [5.41, 5.74) is 0.243. The van der Waals surface area contributed by atoms with Crippen molar-refractivity contribution in [2.24, 2.45) is 0 Å². The van der Waals surface area contributed by atoms with E-state index in [2.05, 4.69) is 20.3 Å². The first-order valence-corrected chi connectivity index (χ1v) is 6.91. The molecule has 1 atom stereocenters. The zero-order valence-electron chi connectivity index (χ0n) is 11.7. The highest BCUT2D eigenvalue weighted by Crippen LogP contribution is 2.36. The zero-order valence-corrected chi connectivity index (χ0v) is 11.7. The summed E-state index contributed by atoms with van der Waals surface area (Å²) in [5.74, 6) is 1.10. The van der Waals surface area contributed by atoms with Crippen LogP contribution < -0.4 is 10.1 Å². The van der Waals surface area contributed by atoms with Gasteiger partial charge in [-0.15, -0.1) is 0 Å². The molecule has 0 fully saturated rings. The quantitative estimate of drug-likeness (QED) is 0.758. The molecule has 0 saturated carbocycles. The Hall–Kier alpha value is -2.77. The van der Waals surface area contributed by atoms with Crippen LogP contribution in [-0.4, -0.2) is 21.6 Å². The van der Waals surface area contributed by atoms with E-state index in [4.69, 9.17) is 4.74 Å². The van der Waals surface area contributed by atoms with Gasteiger partial charge in [-0.25, -0.2) is 9.97 Å². The maximum atomic E-state index is 12.8. The van der Waals surface area contributed by atoms with Crippen molar-refractivity contribution in [3.8, 4) is 5.75 Å². The van der Waals surface area contributed by atoms with Crippen LogP contribution in [0.2, 0.25) is 0 Å². The summed E-state index contributed by atoms with van der Waals surface area (Å²) in [6, 6.07) is 8.36. The number of anilines is 1. The number of aromatic amines is 1. The lowest BCUT2D eigenvalue weighted by Gasteiger charge is -2.12. The van der Waals surface area contributed by atoms with Crippen molar-refractivity contribution >= 4 is 16.9 Å². The van der Waals surface area contributed by atoms with Crippen LogP contribution in [-0.2, 0) is 6.18 Å². The molecule has 1 aliphatic heterocycles. The lowest BCUT2D eigenvalue weighted by atomic mass is 10.1. The SMILES string of the molecule is FC(F)(F)c1cc2c(N[C@H]3COc4ccccc43)ncnc2[nH]1. The number of hydrogen-bond donors (Lipinski definition) is 2. The van der Waals surface area contributed by atoms with E-state index >= 15 is 0 Å². The Labute approximate surface area is 128 Å². The molecule has 0 saturated heterocycles. The summed E-state index contributed by atoms with van der Waals surface area (Å²) in [6.07, 6.45) is -3.23. The highest BCUT2D eigenvalue weighted by Gasteiger charge is 2.33. The Morgan fingerprint density at radius 3 is 2.87 bits per heavy atom. The first kappa shape index (κ1) is 13.9. The molecule has 1 aromatic carbocycles. The van der Waals surface area contributed by atoms with Crippen LogP contribution in [0.1, 0.15) is 17.3 Å². The van der Waals surface area contributed by atoms with E-state index in [1.807, 2.05) is 24.3 Å². The molecular weight excluding hydrogens is 309 g/mol. The third-order valence-electron chi connectivity index (χ3n) is 3.74. The summed E-state index contributed by atoms with van der Waals surface area (Å²) < 4.78 is 44.1. The van der Waals surface area contributed by atoms with Crippen molar-refractivity contribution in [1.29, 1.82) is 0 Å². The number of fused-ring (bicyclic) bond motifs is 2. The molecule has 3 aromatic rings. The van der Waals surface area contributed by atoms with E-state index in [-0.39, 0.29) is 11.7 Å². The number of benzene rings is 1. The number of para-hydroxylation sites is 1. The number of nitrogens with one attached hydrogen (secondary N) is 2. The summed E-state index contributed by atoms with van der Waals surface area (Å²) in [7, 11) is 0. The second-order valence-corrected chi connectivity index (χ2v) is 5.21. The molecule has 5 nitrogen and oxygen atoms in total. The Bertz CT molecular complexity index is 875. The summed E-state index contributed by atoms with van der Waals surface area (Å²) in [6.45, 7) is 0.390. The highest BCUT2D eigenvalue weighted by molar-refractivity contribution is 5.88. The smallest absolute Gasteiger partial charge is 0.431 e. The van der Waals surface area contributed by atoms with Gasteiger partial charge in [0.1, 0.15) is 35.8 Å². The second-order valence-electron chi connectivity index (χ2n) is 5.21. The van der Waals surface area contributed by atoms with Gasteiger partial charge in [0, 0.05) is 5.56 Å². The van der Waals surface area contributed by atoms with E-state index in [1.54, 1.807) is 0 Å². The lowest BCUT2D eigenvalue weighted by Crippen LogP contribution is -2.13. The Morgan fingerprint density at radius 1 is 1.22 bits per heavy atom. The molecule has 2 aromatic heterocycles. The molecule has 1 aliphatic rings. The van der Waals surface area contributed by atoms with E-state index in [1.165, 1.54) is 6.33 Å². The summed E-state index contributed by atoms with van der Waals surface area (Å²) >= 11 is 0. The molecule has 118 valence electrons. The number of halogens is 3. The number of aromatic nitrogens is 3. The summed E-state index contributed by atoms with van der Waals surface area (Å²) in [5, 5.41) is 3.44. The van der Waals surface area contributed by atoms with E-state index in [0.717, 1.165) is 17.4 Å². The second kappa shape index (κ2) is 4.87. The molecule has 0 amide bonds. The van der Waals surface area contributed by atoms with E-state index in [0.29, 0.717) is 17.8 Å². The topological polar surface area (TPSA) is 62.8 Å². The van der Waals surface area contributed by atoms with Crippen LogP contribution in [0, 0.1) is 0 Å². The number of hydrogen-bond acceptors (Lipinski definition) is 4. The molecule has 0 radical (unpaired) electrons. The van der Waals surface area contributed by atoms with E-state index < -0.39 is 11.9 Å². The number of rotatable bonds is 2. The maximum Gasteiger partial charge on any atom is 0.431 e. The Kier molecular flexibility index (Phi) is 2.93.